The SMILES string of the molecule is CCCNCc1sc(N2CCC(C)C2)nc1C(C)CC. The van der Waals surface area contributed by atoms with Crippen molar-refractivity contribution in [1.82, 2.24) is 10.3 Å². The van der Waals surface area contributed by atoms with E-state index in [-0.39, 0.29) is 0 Å². The van der Waals surface area contributed by atoms with Crippen molar-refractivity contribution in [1.29, 1.82) is 0 Å². The molecule has 0 spiro atoms. The molecule has 1 fully saturated rings. The topological polar surface area (TPSA) is 28.2 Å². The first-order valence-electron chi connectivity index (χ1n) is 8.10. The lowest BCUT2D eigenvalue weighted by molar-refractivity contribution is 0.653. The Morgan fingerprint density at radius 3 is 2.85 bits per heavy atom. The van der Waals surface area contributed by atoms with Gasteiger partial charge in [0, 0.05) is 24.5 Å². The molecule has 114 valence electrons. The van der Waals surface area contributed by atoms with Crippen molar-refractivity contribution in [3.63, 3.8) is 0 Å². The van der Waals surface area contributed by atoms with Crippen molar-refractivity contribution in [3.8, 4) is 0 Å². The highest BCUT2D eigenvalue weighted by atomic mass is 32.1. The quantitative estimate of drug-likeness (QED) is 0.771. The van der Waals surface area contributed by atoms with Crippen molar-refractivity contribution in [2.75, 3.05) is 24.5 Å². The van der Waals surface area contributed by atoms with Gasteiger partial charge in [-0.05, 0) is 37.6 Å². The molecule has 20 heavy (non-hydrogen) atoms. The molecular formula is C16H29N3S. The van der Waals surface area contributed by atoms with E-state index in [1.54, 1.807) is 0 Å². The molecule has 0 aromatic carbocycles. The molecule has 1 aliphatic heterocycles. The molecule has 1 aromatic heterocycles. The van der Waals surface area contributed by atoms with Crippen LogP contribution in [-0.4, -0.2) is 24.6 Å². The number of nitrogens with one attached hydrogen (secondary N) is 1. The Hall–Kier alpha value is -0.610. The monoisotopic (exact) mass is 295 g/mol. The zero-order chi connectivity index (χ0) is 14.5. The van der Waals surface area contributed by atoms with Gasteiger partial charge < -0.3 is 10.2 Å². The average molecular weight is 295 g/mol. The van der Waals surface area contributed by atoms with Crippen LogP contribution in [0.2, 0.25) is 0 Å². The number of hydrogen-bond donors (Lipinski definition) is 1. The van der Waals surface area contributed by atoms with Gasteiger partial charge in [-0.15, -0.1) is 11.3 Å². The Balaban J connectivity index is 2.13. The minimum absolute atomic E-state index is 0.568. The molecule has 2 atom stereocenters. The van der Waals surface area contributed by atoms with E-state index in [0.29, 0.717) is 5.92 Å². The molecule has 2 unspecified atom stereocenters. The Morgan fingerprint density at radius 2 is 2.25 bits per heavy atom. The van der Waals surface area contributed by atoms with E-state index in [9.17, 15) is 0 Å². The molecule has 2 heterocycles. The van der Waals surface area contributed by atoms with E-state index in [1.807, 2.05) is 11.3 Å². The second kappa shape index (κ2) is 7.41. The lowest BCUT2D eigenvalue weighted by atomic mass is 10.0. The maximum atomic E-state index is 4.98. The number of nitrogens with zero attached hydrogens (tertiary/aromatic N) is 2. The highest BCUT2D eigenvalue weighted by molar-refractivity contribution is 7.15. The van der Waals surface area contributed by atoms with Crippen molar-refractivity contribution in [3.05, 3.63) is 10.6 Å². The normalized spacial score (nSPS) is 20.6. The zero-order valence-corrected chi connectivity index (χ0v) is 14.2. The summed E-state index contributed by atoms with van der Waals surface area (Å²) in [6.45, 7) is 13.5. The van der Waals surface area contributed by atoms with Gasteiger partial charge in [0.2, 0.25) is 0 Å². The van der Waals surface area contributed by atoms with Crippen molar-refractivity contribution >= 4 is 16.5 Å². The first kappa shape index (κ1) is 15.8. The number of aromatic nitrogens is 1. The molecule has 4 heteroatoms. The molecule has 0 radical (unpaired) electrons. The third-order valence-corrected chi connectivity index (χ3v) is 5.33. The highest BCUT2D eigenvalue weighted by Gasteiger charge is 2.24. The van der Waals surface area contributed by atoms with Gasteiger partial charge in [0.1, 0.15) is 0 Å². The molecule has 2 rings (SSSR count). The van der Waals surface area contributed by atoms with Crippen LogP contribution in [0.1, 0.15) is 63.4 Å². The van der Waals surface area contributed by atoms with Crippen molar-refractivity contribution in [2.24, 2.45) is 5.92 Å². The Labute approximate surface area is 127 Å². The molecule has 1 aromatic rings. The summed E-state index contributed by atoms with van der Waals surface area (Å²) < 4.78 is 0. The van der Waals surface area contributed by atoms with Gasteiger partial charge in [-0.2, -0.15) is 0 Å². The fourth-order valence-corrected chi connectivity index (χ4v) is 3.86. The first-order valence-corrected chi connectivity index (χ1v) is 8.92. The summed E-state index contributed by atoms with van der Waals surface area (Å²) in [6, 6.07) is 0. The van der Waals surface area contributed by atoms with Gasteiger partial charge in [0.05, 0.1) is 5.69 Å². The molecular weight excluding hydrogens is 266 g/mol. The van der Waals surface area contributed by atoms with Crippen molar-refractivity contribution < 1.29 is 0 Å². The molecule has 1 aliphatic rings. The van der Waals surface area contributed by atoms with E-state index in [1.165, 1.54) is 48.1 Å². The highest BCUT2D eigenvalue weighted by Crippen LogP contribution is 2.34. The van der Waals surface area contributed by atoms with E-state index >= 15 is 0 Å². The van der Waals surface area contributed by atoms with Gasteiger partial charge in [0.15, 0.2) is 5.13 Å². The number of thiazole rings is 1. The van der Waals surface area contributed by atoms with Gasteiger partial charge in [0.25, 0.3) is 0 Å². The molecule has 0 bridgehead atoms. The summed E-state index contributed by atoms with van der Waals surface area (Å²) in [6.07, 6.45) is 3.66. The molecule has 0 amide bonds. The van der Waals surface area contributed by atoms with Crippen LogP contribution in [0.4, 0.5) is 5.13 Å². The largest absolute Gasteiger partial charge is 0.348 e. The minimum Gasteiger partial charge on any atom is -0.348 e. The number of anilines is 1. The summed E-state index contributed by atoms with van der Waals surface area (Å²) in [5, 5.41) is 4.78. The van der Waals surface area contributed by atoms with E-state index < -0.39 is 0 Å². The van der Waals surface area contributed by atoms with E-state index in [4.69, 9.17) is 4.98 Å². The first-order chi connectivity index (χ1) is 9.65. The standard InChI is InChI=1S/C16H29N3S/c1-5-8-17-10-14-15(13(4)6-2)18-16(20-14)19-9-7-12(3)11-19/h12-13,17H,5-11H2,1-4H3. The summed E-state index contributed by atoms with van der Waals surface area (Å²) in [7, 11) is 0. The van der Waals surface area contributed by atoms with E-state index in [0.717, 1.165) is 19.0 Å². The molecule has 3 nitrogen and oxygen atoms in total. The lowest BCUT2D eigenvalue weighted by Gasteiger charge is -2.13. The van der Waals surface area contributed by atoms with Crippen LogP contribution in [0.15, 0.2) is 0 Å². The van der Waals surface area contributed by atoms with Crippen LogP contribution >= 0.6 is 11.3 Å². The average Bonchev–Trinajstić information content (AvgIpc) is 3.04. The number of hydrogen-bond acceptors (Lipinski definition) is 4. The summed E-state index contributed by atoms with van der Waals surface area (Å²) >= 11 is 1.91. The van der Waals surface area contributed by atoms with Crippen LogP contribution in [0.25, 0.3) is 0 Å². The van der Waals surface area contributed by atoms with E-state index in [2.05, 4.69) is 37.9 Å². The zero-order valence-electron chi connectivity index (χ0n) is 13.4. The summed E-state index contributed by atoms with van der Waals surface area (Å²) in [5.74, 6) is 1.38. The van der Waals surface area contributed by atoms with Gasteiger partial charge >= 0.3 is 0 Å². The lowest BCUT2D eigenvalue weighted by Crippen LogP contribution is -2.18. The van der Waals surface area contributed by atoms with Crippen LogP contribution in [0.5, 0.6) is 0 Å². The molecule has 0 saturated carbocycles. The van der Waals surface area contributed by atoms with Crippen LogP contribution in [-0.2, 0) is 6.54 Å². The smallest absolute Gasteiger partial charge is 0.185 e. The minimum atomic E-state index is 0.568. The van der Waals surface area contributed by atoms with Crippen molar-refractivity contribution in [2.45, 2.75) is 59.4 Å². The number of rotatable bonds is 7. The van der Waals surface area contributed by atoms with Gasteiger partial charge in [-0.1, -0.05) is 27.7 Å². The van der Waals surface area contributed by atoms with Crippen LogP contribution < -0.4 is 10.2 Å². The van der Waals surface area contributed by atoms with Gasteiger partial charge in [-0.25, -0.2) is 4.98 Å². The predicted octanol–water partition coefficient (Wildman–Crippen LogP) is 4.00. The molecule has 0 aliphatic carbocycles. The van der Waals surface area contributed by atoms with Crippen LogP contribution in [0, 0.1) is 5.92 Å². The summed E-state index contributed by atoms with van der Waals surface area (Å²) in [4.78, 5) is 8.90. The third kappa shape index (κ3) is 3.73. The fourth-order valence-electron chi connectivity index (χ4n) is 2.68. The van der Waals surface area contributed by atoms with Crippen LogP contribution in [0.3, 0.4) is 0 Å². The second-order valence-electron chi connectivity index (χ2n) is 6.13. The molecule has 1 N–H and O–H groups in total. The molecule has 1 saturated heterocycles. The predicted molar refractivity (Wildman–Crippen MR) is 88.8 cm³/mol. The Morgan fingerprint density at radius 1 is 1.45 bits per heavy atom. The summed E-state index contributed by atoms with van der Waals surface area (Å²) in [5.41, 5.74) is 1.33. The second-order valence-corrected chi connectivity index (χ2v) is 7.19. The fraction of sp³-hybridized carbons (Fsp3) is 0.812. The maximum absolute atomic E-state index is 4.98. The third-order valence-electron chi connectivity index (χ3n) is 4.20. The maximum Gasteiger partial charge on any atom is 0.185 e. The Bertz CT molecular complexity index is 416. The van der Waals surface area contributed by atoms with Gasteiger partial charge in [-0.3, -0.25) is 0 Å². The Kier molecular flexibility index (Phi) is 5.85.